The fraction of sp³-hybridized carbons (Fsp3) is 0.737. The molecule has 0 aliphatic heterocycles. The Labute approximate surface area is 153 Å². The summed E-state index contributed by atoms with van der Waals surface area (Å²) >= 11 is 1.67. The van der Waals surface area contributed by atoms with Crippen molar-refractivity contribution >= 4 is 23.2 Å². The molecule has 2 aliphatic carbocycles. The molecule has 2 saturated carbocycles. The first-order valence-corrected chi connectivity index (χ1v) is 10.3. The van der Waals surface area contributed by atoms with E-state index < -0.39 is 17.8 Å². The van der Waals surface area contributed by atoms with E-state index in [1.807, 2.05) is 13.8 Å². The van der Waals surface area contributed by atoms with Gasteiger partial charge in [-0.1, -0.05) is 33.1 Å². The van der Waals surface area contributed by atoms with Gasteiger partial charge in [0.25, 0.3) is 0 Å². The second-order valence-electron chi connectivity index (χ2n) is 7.65. The average Bonchev–Trinajstić information content (AvgIpc) is 3.07. The maximum Gasteiger partial charge on any atom is 0.307 e. The number of amides is 1. The van der Waals surface area contributed by atoms with Gasteiger partial charge < -0.3 is 10.4 Å². The summed E-state index contributed by atoms with van der Waals surface area (Å²) in [6.07, 6.45) is 7.15. The van der Waals surface area contributed by atoms with Crippen LogP contribution in [0, 0.1) is 23.7 Å². The molecular formula is C19H28N2O3S. The van der Waals surface area contributed by atoms with Crippen molar-refractivity contribution in [2.75, 3.05) is 6.54 Å². The van der Waals surface area contributed by atoms with Crippen LogP contribution < -0.4 is 5.32 Å². The van der Waals surface area contributed by atoms with Gasteiger partial charge >= 0.3 is 5.97 Å². The van der Waals surface area contributed by atoms with Gasteiger partial charge in [0.2, 0.25) is 5.91 Å². The summed E-state index contributed by atoms with van der Waals surface area (Å²) < 4.78 is 0. The zero-order valence-corrected chi connectivity index (χ0v) is 15.8. The van der Waals surface area contributed by atoms with E-state index in [4.69, 9.17) is 4.98 Å². The van der Waals surface area contributed by atoms with E-state index in [1.54, 1.807) is 11.3 Å². The third-order valence-corrected chi connectivity index (χ3v) is 7.09. The minimum atomic E-state index is -0.859. The van der Waals surface area contributed by atoms with Crippen LogP contribution in [0.15, 0.2) is 5.38 Å². The lowest BCUT2D eigenvalue weighted by molar-refractivity contribution is -0.163. The topological polar surface area (TPSA) is 79.3 Å². The lowest BCUT2D eigenvalue weighted by Gasteiger charge is -2.45. The Bertz CT molecular complexity index is 624. The van der Waals surface area contributed by atoms with Gasteiger partial charge in [0.05, 0.1) is 22.5 Å². The first kappa shape index (κ1) is 18.4. The number of aliphatic carboxylic acids is 1. The number of thiazole rings is 1. The number of rotatable bonds is 6. The van der Waals surface area contributed by atoms with Crippen LogP contribution in [-0.4, -0.2) is 28.5 Å². The Morgan fingerprint density at radius 1 is 1.20 bits per heavy atom. The predicted octanol–water partition coefficient (Wildman–Crippen LogP) is 3.45. The molecule has 2 fully saturated rings. The van der Waals surface area contributed by atoms with E-state index in [1.165, 1.54) is 37.8 Å². The highest BCUT2D eigenvalue weighted by Gasteiger charge is 2.52. The van der Waals surface area contributed by atoms with Crippen LogP contribution in [0.4, 0.5) is 0 Å². The molecule has 1 aromatic heterocycles. The van der Waals surface area contributed by atoms with Crippen LogP contribution in [0.5, 0.6) is 0 Å². The molecule has 1 heterocycles. The highest BCUT2D eigenvalue weighted by molar-refractivity contribution is 7.09. The molecule has 1 amide bonds. The summed E-state index contributed by atoms with van der Waals surface area (Å²) in [6.45, 7) is 4.40. The van der Waals surface area contributed by atoms with Crippen LogP contribution >= 0.6 is 11.3 Å². The highest BCUT2D eigenvalue weighted by Crippen LogP contribution is 2.45. The Morgan fingerprint density at radius 2 is 1.88 bits per heavy atom. The fourth-order valence-electron chi connectivity index (χ4n) is 4.38. The number of carboxylic acid groups (broad SMARTS) is 1. The number of hydrogen-bond acceptors (Lipinski definition) is 4. The fourth-order valence-corrected chi connectivity index (χ4v) is 5.26. The molecule has 4 atom stereocenters. The number of carbonyl (C=O) groups is 2. The summed E-state index contributed by atoms with van der Waals surface area (Å²) in [5.74, 6) is -1.13. The highest BCUT2D eigenvalue weighted by atomic mass is 32.1. The molecule has 5 nitrogen and oxygen atoms in total. The molecule has 0 saturated heterocycles. The van der Waals surface area contributed by atoms with E-state index in [9.17, 15) is 14.7 Å². The van der Waals surface area contributed by atoms with Crippen LogP contribution in [0.3, 0.4) is 0 Å². The van der Waals surface area contributed by atoms with Gasteiger partial charge in [-0.3, -0.25) is 9.59 Å². The molecule has 0 radical (unpaired) electrons. The van der Waals surface area contributed by atoms with E-state index in [0.29, 0.717) is 12.5 Å². The summed E-state index contributed by atoms with van der Waals surface area (Å²) in [4.78, 5) is 28.4. The molecule has 0 aromatic carbocycles. The number of carbonyl (C=O) groups excluding carboxylic acids is 1. The van der Waals surface area contributed by atoms with E-state index in [0.717, 1.165) is 11.4 Å². The van der Waals surface area contributed by atoms with Crippen LogP contribution in [0.25, 0.3) is 0 Å². The molecule has 6 heteroatoms. The summed E-state index contributed by atoms with van der Waals surface area (Å²) in [7, 11) is 0. The molecule has 25 heavy (non-hydrogen) atoms. The third-order valence-electron chi connectivity index (χ3n) is 6.17. The predicted molar refractivity (Wildman–Crippen MR) is 97.6 cm³/mol. The smallest absolute Gasteiger partial charge is 0.307 e. The lowest BCUT2D eigenvalue weighted by atomic mass is 9.57. The van der Waals surface area contributed by atoms with Gasteiger partial charge in [0.15, 0.2) is 0 Å². The van der Waals surface area contributed by atoms with Crippen molar-refractivity contribution < 1.29 is 14.7 Å². The monoisotopic (exact) mass is 364 g/mol. The zero-order valence-electron chi connectivity index (χ0n) is 15.0. The van der Waals surface area contributed by atoms with Gasteiger partial charge in [-0.25, -0.2) is 4.98 Å². The van der Waals surface area contributed by atoms with Crippen molar-refractivity contribution in [1.82, 2.24) is 10.3 Å². The standard InChI is InChI=1S/C19H28N2O3S/c1-11-12(2)17(19(23)24)16(11)18(22)20-9-8-15-21-14(10-25-15)13-6-4-3-5-7-13/h10-13,16-17H,3-9H2,1-2H3,(H,20,22)(H,23,24)/t11?,12?,16-,17+/m0/s1. The SMILES string of the molecule is CC1C(C)[C@H](C(=O)NCCc2nc(C3CCCCC3)cs2)[C@@H]1C(=O)O. The molecule has 1 aromatic rings. The summed E-state index contributed by atoms with van der Waals surface area (Å²) in [5.41, 5.74) is 1.22. The molecule has 2 unspecified atom stereocenters. The number of aromatic nitrogens is 1. The van der Waals surface area contributed by atoms with Crippen LogP contribution in [0.2, 0.25) is 0 Å². The minimum absolute atomic E-state index is 0.0604. The van der Waals surface area contributed by atoms with Crippen molar-refractivity contribution in [2.24, 2.45) is 23.7 Å². The van der Waals surface area contributed by atoms with Crippen LogP contribution in [-0.2, 0) is 16.0 Å². The first-order valence-electron chi connectivity index (χ1n) is 9.44. The summed E-state index contributed by atoms with van der Waals surface area (Å²) in [6, 6.07) is 0. The molecule has 2 aliphatic rings. The third kappa shape index (κ3) is 3.89. The second-order valence-corrected chi connectivity index (χ2v) is 8.59. The number of carboxylic acids is 1. The van der Waals surface area contributed by atoms with Gasteiger partial charge in [-0.2, -0.15) is 0 Å². The van der Waals surface area contributed by atoms with E-state index in [-0.39, 0.29) is 17.7 Å². The quantitative estimate of drug-likeness (QED) is 0.810. The number of nitrogens with one attached hydrogen (secondary N) is 1. The molecule has 2 N–H and O–H groups in total. The van der Waals surface area contributed by atoms with Gasteiger partial charge in [0.1, 0.15) is 0 Å². The lowest BCUT2D eigenvalue weighted by Crippen LogP contribution is -2.55. The second kappa shape index (κ2) is 7.85. The van der Waals surface area contributed by atoms with Crippen molar-refractivity contribution in [3.05, 3.63) is 16.1 Å². The Morgan fingerprint density at radius 3 is 2.56 bits per heavy atom. The van der Waals surface area contributed by atoms with Gasteiger partial charge in [-0.05, 0) is 24.7 Å². The Hall–Kier alpha value is -1.43. The van der Waals surface area contributed by atoms with Crippen molar-refractivity contribution in [1.29, 1.82) is 0 Å². The average molecular weight is 365 g/mol. The maximum atomic E-state index is 12.3. The first-order chi connectivity index (χ1) is 12.0. The normalized spacial score (nSPS) is 29.8. The molecule has 138 valence electrons. The van der Waals surface area contributed by atoms with Gasteiger partial charge in [-0.15, -0.1) is 11.3 Å². The van der Waals surface area contributed by atoms with Gasteiger partial charge in [0, 0.05) is 24.3 Å². The van der Waals surface area contributed by atoms with Crippen LogP contribution in [0.1, 0.15) is 62.6 Å². The largest absolute Gasteiger partial charge is 0.481 e. The molecule has 3 rings (SSSR count). The minimum Gasteiger partial charge on any atom is -0.481 e. The maximum absolute atomic E-state index is 12.3. The number of hydrogen-bond donors (Lipinski definition) is 2. The summed E-state index contributed by atoms with van der Waals surface area (Å²) in [5, 5.41) is 15.4. The molecule has 0 bridgehead atoms. The molecular weight excluding hydrogens is 336 g/mol. The Balaban J connectivity index is 1.47. The molecule has 0 spiro atoms. The van der Waals surface area contributed by atoms with Crippen molar-refractivity contribution in [2.45, 2.75) is 58.3 Å². The van der Waals surface area contributed by atoms with Crippen molar-refractivity contribution in [3.8, 4) is 0 Å². The van der Waals surface area contributed by atoms with E-state index in [2.05, 4.69) is 10.7 Å². The number of nitrogens with zero attached hydrogens (tertiary/aromatic N) is 1. The zero-order chi connectivity index (χ0) is 18.0. The van der Waals surface area contributed by atoms with Crippen molar-refractivity contribution in [3.63, 3.8) is 0 Å². The Kier molecular flexibility index (Phi) is 5.77. The van der Waals surface area contributed by atoms with E-state index >= 15 is 0 Å².